The molecule has 0 spiro atoms. The minimum absolute atomic E-state index is 0.0301. The molecule has 2 rings (SSSR count). The van der Waals surface area contributed by atoms with Crippen LogP contribution in [0.3, 0.4) is 0 Å². The molecule has 2 aromatic rings. The lowest BCUT2D eigenvalue weighted by Crippen LogP contribution is -1.93. The van der Waals surface area contributed by atoms with Crippen LogP contribution in [0.15, 0.2) is 18.2 Å². The summed E-state index contributed by atoms with van der Waals surface area (Å²) in [4.78, 5) is 10.7. The number of benzene rings is 1. The second-order valence-electron chi connectivity index (χ2n) is 3.18. The topological polar surface area (TPSA) is 71.8 Å². The van der Waals surface area contributed by atoms with E-state index >= 15 is 0 Å². The zero-order valence-corrected chi connectivity index (χ0v) is 8.00. The van der Waals surface area contributed by atoms with Gasteiger partial charge in [0.15, 0.2) is 17.9 Å². The average Bonchev–Trinajstić information content (AvgIpc) is 2.68. The van der Waals surface area contributed by atoms with Crippen LogP contribution in [-0.4, -0.2) is 16.5 Å². The fourth-order valence-electron chi connectivity index (χ4n) is 1.37. The number of aldehydes is 1. The van der Waals surface area contributed by atoms with Crippen LogP contribution in [0.4, 0.5) is 14.6 Å². The molecule has 16 heavy (non-hydrogen) atoms. The summed E-state index contributed by atoms with van der Waals surface area (Å²) in [6.07, 6.45) is 0.439. The number of nitrogen functional groups attached to an aromatic ring is 1. The molecule has 0 aliphatic carbocycles. The van der Waals surface area contributed by atoms with Crippen LogP contribution >= 0.6 is 0 Å². The minimum atomic E-state index is -1.07. The first kappa shape index (κ1) is 10.3. The fourth-order valence-corrected chi connectivity index (χ4v) is 1.37. The van der Waals surface area contributed by atoms with E-state index in [1.54, 1.807) is 0 Å². The van der Waals surface area contributed by atoms with Crippen LogP contribution in [-0.2, 0) is 0 Å². The molecule has 0 saturated heterocycles. The van der Waals surface area contributed by atoms with E-state index in [0.29, 0.717) is 12.0 Å². The van der Waals surface area contributed by atoms with Crippen LogP contribution in [0.1, 0.15) is 10.4 Å². The summed E-state index contributed by atoms with van der Waals surface area (Å²) >= 11 is 0. The highest BCUT2D eigenvalue weighted by atomic mass is 19.2. The number of aromatic nitrogens is 2. The number of halogens is 2. The van der Waals surface area contributed by atoms with Crippen LogP contribution in [0, 0.1) is 11.6 Å². The van der Waals surface area contributed by atoms with Gasteiger partial charge in [0.2, 0.25) is 0 Å². The van der Waals surface area contributed by atoms with Crippen LogP contribution < -0.4 is 5.73 Å². The first-order valence-corrected chi connectivity index (χ1v) is 4.37. The molecule has 0 amide bonds. The Morgan fingerprint density at radius 1 is 1.25 bits per heavy atom. The SMILES string of the molecule is Nc1cc(-c2cc(F)c(F)cc2C=O)[nH]n1. The first-order chi connectivity index (χ1) is 7.61. The Morgan fingerprint density at radius 2 is 1.94 bits per heavy atom. The largest absolute Gasteiger partial charge is 0.382 e. The summed E-state index contributed by atoms with van der Waals surface area (Å²) in [5.41, 5.74) is 5.99. The predicted molar refractivity (Wildman–Crippen MR) is 53.7 cm³/mol. The Kier molecular flexibility index (Phi) is 2.40. The van der Waals surface area contributed by atoms with Crippen LogP contribution in [0.5, 0.6) is 0 Å². The molecule has 1 aromatic carbocycles. The Balaban J connectivity index is 2.63. The Bertz CT molecular complexity index is 551. The summed E-state index contributed by atoms with van der Waals surface area (Å²) in [5, 5.41) is 6.16. The van der Waals surface area contributed by atoms with Gasteiger partial charge in [0, 0.05) is 17.2 Å². The van der Waals surface area contributed by atoms with Crippen molar-refractivity contribution in [2.24, 2.45) is 0 Å². The molecule has 0 atom stereocenters. The van der Waals surface area contributed by atoms with Gasteiger partial charge in [-0.15, -0.1) is 0 Å². The van der Waals surface area contributed by atoms with Crippen molar-refractivity contribution in [3.8, 4) is 11.3 Å². The van der Waals surface area contributed by atoms with Crippen LogP contribution in [0.25, 0.3) is 11.3 Å². The summed E-state index contributed by atoms with van der Waals surface area (Å²) in [6.45, 7) is 0. The molecule has 4 nitrogen and oxygen atoms in total. The minimum Gasteiger partial charge on any atom is -0.382 e. The molecular weight excluding hydrogens is 216 g/mol. The van der Waals surface area contributed by atoms with Gasteiger partial charge in [0.05, 0.1) is 5.69 Å². The molecule has 0 unspecified atom stereocenters. The Morgan fingerprint density at radius 3 is 2.50 bits per heavy atom. The molecule has 0 aliphatic heterocycles. The molecule has 0 saturated carbocycles. The molecule has 0 radical (unpaired) electrons. The highest BCUT2D eigenvalue weighted by Gasteiger charge is 2.12. The fraction of sp³-hybridized carbons (Fsp3) is 0. The van der Waals surface area contributed by atoms with Crippen molar-refractivity contribution in [2.45, 2.75) is 0 Å². The van der Waals surface area contributed by atoms with Crippen molar-refractivity contribution in [3.63, 3.8) is 0 Å². The van der Waals surface area contributed by atoms with Crippen molar-refractivity contribution in [1.82, 2.24) is 10.2 Å². The first-order valence-electron chi connectivity index (χ1n) is 4.37. The third-order valence-electron chi connectivity index (χ3n) is 2.11. The van der Waals surface area contributed by atoms with E-state index in [1.165, 1.54) is 6.07 Å². The number of nitrogens with zero attached hydrogens (tertiary/aromatic N) is 1. The molecule has 82 valence electrons. The monoisotopic (exact) mass is 223 g/mol. The maximum absolute atomic E-state index is 13.0. The number of hydrogen-bond acceptors (Lipinski definition) is 3. The van der Waals surface area contributed by atoms with Crippen molar-refractivity contribution in [2.75, 3.05) is 5.73 Å². The second kappa shape index (κ2) is 3.73. The van der Waals surface area contributed by atoms with Crippen molar-refractivity contribution < 1.29 is 13.6 Å². The molecule has 3 N–H and O–H groups in total. The number of carbonyl (C=O) groups excluding carboxylic acids is 1. The number of carbonyl (C=O) groups is 1. The average molecular weight is 223 g/mol. The Hall–Kier alpha value is -2.24. The van der Waals surface area contributed by atoms with Gasteiger partial charge in [-0.25, -0.2) is 8.78 Å². The number of hydrogen-bond donors (Lipinski definition) is 2. The van der Waals surface area contributed by atoms with E-state index in [-0.39, 0.29) is 16.9 Å². The highest BCUT2D eigenvalue weighted by molar-refractivity contribution is 5.86. The normalized spacial score (nSPS) is 10.4. The van der Waals surface area contributed by atoms with E-state index in [1.807, 2.05) is 0 Å². The van der Waals surface area contributed by atoms with Gasteiger partial charge in [-0.05, 0) is 12.1 Å². The number of nitrogens with two attached hydrogens (primary N) is 1. The number of aromatic amines is 1. The van der Waals surface area contributed by atoms with Gasteiger partial charge in [0.1, 0.15) is 5.82 Å². The maximum Gasteiger partial charge on any atom is 0.159 e. The van der Waals surface area contributed by atoms with Crippen LogP contribution in [0.2, 0.25) is 0 Å². The molecule has 0 aliphatic rings. The molecule has 1 aromatic heterocycles. The van der Waals surface area contributed by atoms with E-state index in [9.17, 15) is 13.6 Å². The molecule has 0 fully saturated rings. The van der Waals surface area contributed by atoms with Crippen molar-refractivity contribution in [3.05, 3.63) is 35.4 Å². The van der Waals surface area contributed by atoms with Gasteiger partial charge in [-0.3, -0.25) is 9.89 Å². The van der Waals surface area contributed by atoms with E-state index < -0.39 is 11.6 Å². The summed E-state index contributed by atoms with van der Waals surface area (Å²) in [6, 6.07) is 3.18. The second-order valence-corrected chi connectivity index (χ2v) is 3.18. The van der Waals surface area contributed by atoms with E-state index in [2.05, 4.69) is 10.2 Å². The van der Waals surface area contributed by atoms with Gasteiger partial charge < -0.3 is 5.73 Å². The zero-order valence-electron chi connectivity index (χ0n) is 8.00. The lowest BCUT2D eigenvalue weighted by molar-refractivity contribution is 0.112. The zero-order chi connectivity index (χ0) is 11.7. The number of anilines is 1. The number of H-pyrrole nitrogens is 1. The van der Waals surface area contributed by atoms with E-state index in [0.717, 1.165) is 12.1 Å². The number of nitrogens with one attached hydrogen (secondary N) is 1. The quantitative estimate of drug-likeness (QED) is 0.762. The number of rotatable bonds is 2. The molecule has 0 bridgehead atoms. The highest BCUT2D eigenvalue weighted by Crippen LogP contribution is 2.24. The van der Waals surface area contributed by atoms with Crippen molar-refractivity contribution >= 4 is 12.1 Å². The predicted octanol–water partition coefficient (Wildman–Crippen LogP) is 1.75. The summed E-state index contributed by atoms with van der Waals surface area (Å²) in [7, 11) is 0. The van der Waals surface area contributed by atoms with Gasteiger partial charge in [0.25, 0.3) is 0 Å². The molecule has 1 heterocycles. The van der Waals surface area contributed by atoms with E-state index in [4.69, 9.17) is 5.73 Å². The van der Waals surface area contributed by atoms with Crippen molar-refractivity contribution in [1.29, 1.82) is 0 Å². The molecular formula is C10H7F2N3O. The van der Waals surface area contributed by atoms with Gasteiger partial charge in [-0.1, -0.05) is 0 Å². The summed E-state index contributed by atoms with van der Waals surface area (Å²) < 4.78 is 25.9. The lowest BCUT2D eigenvalue weighted by atomic mass is 10.1. The standard InChI is InChI=1S/C10H7F2N3O/c11-7-1-5(4-16)6(2-8(7)12)9-3-10(13)15-14-9/h1-4H,(H3,13,14,15). The van der Waals surface area contributed by atoms with Gasteiger partial charge >= 0.3 is 0 Å². The van der Waals surface area contributed by atoms with Gasteiger partial charge in [-0.2, -0.15) is 5.10 Å². The smallest absolute Gasteiger partial charge is 0.159 e. The third-order valence-corrected chi connectivity index (χ3v) is 2.11. The molecule has 6 heteroatoms. The Labute approximate surface area is 89.1 Å². The third kappa shape index (κ3) is 1.65. The maximum atomic E-state index is 13.0. The summed E-state index contributed by atoms with van der Waals surface area (Å²) in [5.74, 6) is -1.90. The lowest BCUT2D eigenvalue weighted by Gasteiger charge is -2.02.